The van der Waals surface area contributed by atoms with Crippen LogP contribution in [0.15, 0.2) is 0 Å². The zero-order valence-electron chi connectivity index (χ0n) is 11.5. The highest BCUT2D eigenvalue weighted by Gasteiger charge is 2.36. The summed E-state index contributed by atoms with van der Waals surface area (Å²) in [6, 6.07) is 0. The van der Waals surface area contributed by atoms with Gasteiger partial charge >= 0.3 is 0 Å². The van der Waals surface area contributed by atoms with Crippen LogP contribution in [0.25, 0.3) is 0 Å². The van der Waals surface area contributed by atoms with Crippen LogP contribution < -0.4 is 0 Å². The molecule has 0 aromatic rings. The van der Waals surface area contributed by atoms with Gasteiger partial charge in [0.2, 0.25) is 0 Å². The van der Waals surface area contributed by atoms with Gasteiger partial charge in [-0.1, -0.05) is 12.8 Å². The van der Waals surface area contributed by atoms with Crippen molar-refractivity contribution in [3.05, 3.63) is 0 Å². The average molecular weight is 239 g/mol. The summed E-state index contributed by atoms with van der Waals surface area (Å²) in [5, 5.41) is 9.22. The number of nitrogens with zero attached hydrogens (tertiary/aromatic N) is 1. The molecule has 1 atom stereocenters. The Morgan fingerprint density at radius 3 is 2.29 bits per heavy atom. The smallest absolute Gasteiger partial charge is 0.0512 e. The first-order valence-corrected chi connectivity index (χ1v) is 7.61. The van der Waals surface area contributed by atoms with Crippen LogP contribution in [0, 0.1) is 5.41 Å². The van der Waals surface area contributed by atoms with Crippen molar-refractivity contribution in [2.75, 3.05) is 19.6 Å². The highest BCUT2D eigenvalue weighted by molar-refractivity contribution is 4.89. The molecule has 2 rings (SSSR count). The maximum absolute atomic E-state index is 9.22. The molecule has 0 bridgehead atoms. The quantitative estimate of drug-likeness (QED) is 0.745. The Morgan fingerprint density at radius 1 is 1.06 bits per heavy atom. The summed E-state index contributed by atoms with van der Waals surface area (Å²) in [4.78, 5) is 2.64. The molecule has 1 heterocycles. The first-order valence-electron chi connectivity index (χ1n) is 7.61. The predicted octanol–water partition coefficient (Wildman–Crippen LogP) is 3.19. The van der Waals surface area contributed by atoms with E-state index in [0.29, 0.717) is 0 Å². The fraction of sp³-hybridized carbons (Fsp3) is 1.00. The molecule has 0 radical (unpaired) electrons. The molecule has 1 saturated carbocycles. The highest BCUT2D eigenvalue weighted by atomic mass is 16.3. The van der Waals surface area contributed by atoms with Crippen molar-refractivity contribution in [3.63, 3.8) is 0 Å². The number of piperidine rings is 1. The molecule has 2 nitrogen and oxygen atoms in total. The van der Waals surface area contributed by atoms with Crippen LogP contribution in [-0.2, 0) is 0 Å². The molecule has 2 aliphatic rings. The molecule has 2 fully saturated rings. The Labute approximate surface area is 106 Å². The lowest BCUT2D eigenvalue weighted by Crippen LogP contribution is -2.39. The second-order valence-electron chi connectivity index (χ2n) is 6.39. The minimum Gasteiger partial charge on any atom is -0.393 e. The van der Waals surface area contributed by atoms with Gasteiger partial charge in [-0.05, 0) is 76.9 Å². The van der Waals surface area contributed by atoms with Crippen LogP contribution in [0.4, 0.5) is 0 Å². The molecule has 0 amide bonds. The van der Waals surface area contributed by atoms with Crippen molar-refractivity contribution >= 4 is 0 Å². The number of aliphatic hydroxyl groups is 1. The number of hydrogen-bond acceptors (Lipinski definition) is 2. The van der Waals surface area contributed by atoms with E-state index in [9.17, 15) is 5.11 Å². The van der Waals surface area contributed by atoms with Crippen molar-refractivity contribution in [1.29, 1.82) is 0 Å². The van der Waals surface area contributed by atoms with E-state index in [2.05, 4.69) is 4.90 Å². The maximum Gasteiger partial charge on any atom is 0.0512 e. The van der Waals surface area contributed by atoms with Crippen LogP contribution in [0.1, 0.15) is 64.7 Å². The molecular weight excluding hydrogens is 210 g/mol. The lowest BCUT2D eigenvalue weighted by Gasteiger charge is -2.39. The molecule has 0 aromatic heterocycles. The van der Waals surface area contributed by atoms with E-state index in [1.807, 2.05) is 6.92 Å². The highest BCUT2D eigenvalue weighted by Crippen LogP contribution is 2.46. The molecule has 1 N–H and O–H groups in total. The SMILES string of the molecule is CC(O)CCCCN1CCC2(CCCC2)CC1. The van der Waals surface area contributed by atoms with Crippen molar-refractivity contribution < 1.29 is 5.11 Å². The monoisotopic (exact) mass is 239 g/mol. The molecule has 1 saturated heterocycles. The van der Waals surface area contributed by atoms with Gasteiger partial charge in [-0.25, -0.2) is 0 Å². The summed E-state index contributed by atoms with van der Waals surface area (Å²) in [5.41, 5.74) is 0.760. The molecule has 1 aliphatic carbocycles. The zero-order chi connectivity index (χ0) is 12.1. The van der Waals surface area contributed by atoms with Gasteiger partial charge < -0.3 is 10.0 Å². The Morgan fingerprint density at radius 2 is 1.71 bits per heavy atom. The third-order valence-electron chi connectivity index (χ3n) is 4.93. The third kappa shape index (κ3) is 3.96. The normalized spacial score (nSPS) is 26.5. The molecule has 17 heavy (non-hydrogen) atoms. The van der Waals surface area contributed by atoms with E-state index in [4.69, 9.17) is 0 Å². The van der Waals surface area contributed by atoms with E-state index in [1.54, 1.807) is 0 Å². The topological polar surface area (TPSA) is 23.5 Å². The fourth-order valence-electron chi connectivity index (χ4n) is 3.65. The van der Waals surface area contributed by atoms with Crippen LogP contribution >= 0.6 is 0 Å². The standard InChI is InChI=1S/C15H29NO/c1-14(17)6-2-5-11-16-12-9-15(10-13-16)7-3-4-8-15/h14,17H,2-13H2,1H3. The van der Waals surface area contributed by atoms with Crippen LogP contribution in [-0.4, -0.2) is 35.7 Å². The Kier molecular flexibility index (Phi) is 4.87. The summed E-state index contributed by atoms with van der Waals surface area (Å²) in [6.07, 6.45) is 12.2. The molecule has 1 aliphatic heterocycles. The number of likely N-dealkylation sites (tertiary alicyclic amines) is 1. The van der Waals surface area contributed by atoms with Gasteiger partial charge in [0.25, 0.3) is 0 Å². The van der Waals surface area contributed by atoms with E-state index in [-0.39, 0.29) is 6.10 Å². The van der Waals surface area contributed by atoms with Gasteiger partial charge in [-0.2, -0.15) is 0 Å². The lowest BCUT2D eigenvalue weighted by molar-refractivity contribution is 0.105. The molecular formula is C15H29NO. The number of rotatable bonds is 5. The van der Waals surface area contributed by atoms with Crippen molar-refractivity contribution in [3.8, 4) is 0 Å². The Balaban J connectivity index is 1.59. The van der Waals surface area contributed by atoms with Gasteiger partial charge in [0, 0.05) is 0 Å². The summed E-state index contributed by atoms with van der Waals surface area (Å²) in [5.74, 6) is 0. The minimum absolute atomic E-state index is 0.113. The van der Waals surface area contributed by atoms with Gasteiger partial charge in [0.15, 0.2) is 0 Å². The minimum atomic E-state index is -0.113. The van der Waals surface area contributed by atoms with Crippen LogP contribution in [0.3, 0.4) is 0 Å². The van der Waals surface area contributed by atoms with Crippen molar-refractivity contribution in [2.45, 2.75) is 70.8 Å². The Bertz CT molecular complexity index is 211. The summed E-state index contributed by atoms with van der Waals surface area (Å²) in [6.45, 7) is 5.80. The van der Waals surface area contributed by atoms with Crippen LogP contribution in [0.5, 0.6) is 0 Å². The molecule has 100 valence electrons. The molecule has 0 aromatic carbocycles. The Hall–Kier alpha value is -0.0800. The van der Waals surface area contributed by atoms with Gasteiger partial charge in [0.05, 0.1) is 6.10 Å². The third-order valence-corrected chi connectivity index (χ3v) is 4.93. The predicted molar refractivity (Wildman–Crippen MR) is 72.1 cm³/mol. The average Bonchev–Trinajstić information content (AvgIpc) is 2.75. The van der Waals surface area contributed by atoms with Crippen molar-refractivity contribution in [2.24, 2.45) is 5.41 Å². The molecule has 1 spiro atoms. The molecule has 2 heteroatoms. The van der Waals surface area contributed by atoms with Crippen molar-refractivity contribution in [1.82, 2.24) is 4.90 Å². The number of aliphatic hydroxyl groups excluding tert-OH is 1. The van der Waals surface area contributed by atoms with Gasteiger partial charge in [0.1, 0.15) is 0 Å². The van der Waals surface area contributed by atoms with E-state index >= 15 is 0 Å². The van der Waals surface area contributed by atoms with Gasteiger partial charge in [-0.15, -0.1) is 0 Å². The largest absolute Gasteiger partial charge is 0.393 e. The lowest BCUT2D eigenvalue weighted by atomic mass is 9.77. The summed E-state index contributed by atoms with van der Waals surface area (Å²) < 4.78 is 0. The second kappa shape index (κ2) is 6.19. The summed E-state index contributed by atoms with van der Waals surface area (Å²) in [7, 11) is 0. The first kappa shape index (κ1) is 13.4. The number of unbranched alkanes of at least 4 members (excludes halogenated alkanes) is 1. The van der Waals surface area contributed by atoms with E-state index in [0.717, 1.165) is 11.8 Å². The van der Waals surface area contributed by atoms with Gasteiger partial charge in [-0.3, -0.25) is 0 Å². The zero-order valence-corrected chi connectivity index (χ0v) is 11.5. The summed E-state index contributed by atoms with van der Waals surface area (Å²) >= 11 is 0. The van der Waals surface area contributed by atoms with E-state index in [1.165, 1.54) is 71.0 Å². The maximum atomic E-state index is 9.22. The molecule has 1 unspecified atom stereocenters. The first-order chi connectivity index (χ1) is 8.20. The van der Waals surface area contributed by atoms with E-state index < -0.39 is 0 Å². The van der Waals surface area contributed by atoms with Crippen LogP contribution in [0.2, 0.25) is 0 Å². The number of hydrogen-bond donors (Lipinski definition) is 1. The second-order valence-corrected chi connectivity index (χ2v) is 6.39. The fourth-order valence-corrected chi connectivity index (χ4v) is 3.65.